The fraction of sp³-hybridized carbons (Fsp3) is 0.174. The van der Waals surface area contributed by atoms with Crippen molar-refractivity contribution in [2.45, 2.75) is 13.0 Å². The van der Waals surface area contributed by atoms with Crippen molar-refractivity contribution in [3.8, 4) is 0 Å². The van der Waals surface area contributed by atoms with Gasteiger partial charge in [-0.15, -0.1) is 6.58 Å². The third-order valence-corrected chi connectivity index (χ3v) is 4.90. The third-order valence-electron chi connectivity index (χ3n) is 4.90. The summed E-state index contributed by atoms with van der Waals surface area (Å²) in [5, 5.41) is 12.4. The Hall–Kier alpha value is -3.78. The summed E-state index contributed by atoms with van der Waals surface area (Å²) in [6, 6.07) is 12.0. The van der Waals surface area contributed by atoms with Crippen LogP contribution in [0.25, 0.3) is 0 Å². The van der Waals surface area contributed by atoms with Gasteiger partial charge in [-0.3, -0.25) is 4.79 Å². The maximum Gasteiger partial charge on any atom is 0.256 e. The number of hydrogen-bond donors (Lipinski definition) is 4. The number of aromatic nitrogens is 2. The maximum atomic E-state index is 13.3. The summed E-state index contributed by atoms with van der Waals surface area (Å²) in [5.74, 6) is -0.0221. The van der Waals surface area contributed by atoms with E-state index in [0.717, 1.165) is 25.2 Å². The van der Waals surface area contributed by atoms with Crippen LogP contribution in [0.1, 0.15) is 21.5 Å². The fourth-order valence-electron chi connectivity index (χ4n) is 3.32. The van der Waals surface area contributed by atoms with Gasteiger partial charge in [0.05, 0.1) is 0 Å². The molecule has 1 aromatic heterocycles. The van der Waals surface area contributed by atoms with Crippen LogP contribution >= 0.6 is 0 Å². The lowest BCUT2D eigenvalue weighted by atomic mass is 10.0. The minimum Gasteiger partial charge on any atom is -0.348 e. The number of halogens is 1. The number of benzene rings is 2. The molecule has 0 saturated heterocycles. The molecule has 0 spiro atoms. The van der Waals surface area contributed by atoms with Gasteiger partial charge >= 0.3 is 0 Å². The first-order valence-electron chi connectivity index (χ1n) is 10.0. The Morgan fingerprint density at radius 3 is 2.74 bits per heavy atom. The Kier molecular flexibility index (Phi) is 6.18. The number of rotatable bonds is 7. The number of fused-ring (bicyclic) bond motifs is 1. The van der Waals surface area contributed by atoms with Crippen LogP contribution in [0.15, 0.2) is 61.3 Å². The molecule has 31 heavy (non-hydrogen) atoms. The smallest absolute Gasteiger partial charge is 0.256 e. The fourth-order valence-corrected chi connectivity index (χ4v) is 3.32. The van der Waals surface area contributed by atoms with E-state index in [1.807, 2.05) is 6.07 Å². The van der Waals surface area contributed by atoms with Gasteiger partial charge in [0.15, 0.2) is 0 Å². The van der Waals surface area contributed by atoms with E-state index < -0.39 is 0 Å². The molecule has 0 bridgehead atoms. The molecule has 0 unspecified atom stereocenters. The maximum absolute atomic E-state index is 13.3. The van der Waals surface area contributed by atoms with Gasteiger partial charge in [0, 0.05) is 30.7 Å². The van der Waals surface area contributed by atoms with Gasteiger partial charge in [0.2, 0.25) is 5.95 Å². The standard InChI is InChI=1S/C23H23FN6O/c1-2-10-26-22(31)20-14-27-23(30-21(20)28-18-7-4-17(24)5-8-18)29-19-6-3-16-13-25-11-9-15(16)12-19/h2-8,12,14,25H,1,9-11,13H2,(H,26,31)(H2,27,28,29,30). The molecule has 7 nitrogen and oxygen atoms in total. The van der Waals surface area contributed by atoms with E-state index >= 15 is 0 Å². The molecule has 0 aliphatic carbocycles. The van der Waals surface area contributed by atoms with E-state index in [-0.39, 0.29) is 17.3 Å². The van der Waals surface area contributed by atoms with Crippen molar-refractivity contribution >= 4 is 29.0 Å². The van der Waals surface area contributed by atoms with E-state index in [1.165, 1.54) is 29.5 Å². The average Bonchev–Trinajstić information content (AvgIpc) is 2.79. The second kappa shape index (κ2) is 9.36. The van der Waals surface area contributed by atoms with Gasteiger partial charge in [-0.05, 0) is 60.5 Å². The molecule has 0 fully saturated rings. The van der Waals surface area contributed by atoms with Crippen molar-refractivity contribution in [3.05, 3.63) is 83.8 Å². The number of amides is 1. The number of hydrogen-bond acceptors (Lipinski definition) is 6. The van der Waals surface area contributed by atoms with Gasteiger partial charge in [0.25, 0.3) is 5.91 Å². The molecule has 8 heteroatoms. The first kappa shape index (κ1) is 20.5. The largest absolute Gasteiger partial charge is 0.348 e. The Bertz CT molecular complexity index is 1100. The molecule has 0 atom stereocenters. The first-order valence-corrected chi connectivity index (χ1v) is 10.0. The van der Waals surface area contributed by atoms with Crippen LogP contribution in [0.3, 0.4) is 0 Å². The lowest BCUT2D eigenvalue weighted by Crippen LogP contribution is -2.25. The van der Waals surface area contributed by atoms with E-state index in [2.05, 4.69) is 49.9 Å². The van der Waals surface area contributed by atoms with Crippen molar-refractivity contribution in [1.29, 1.82) is 0 Å². The zero-order valence-corrected chi connectivity index (χ0v) is 16.9. The quantitative estimate of drug-likeness (QED) is 0.438. The highest BCUT2D eigenvalue weighted by Gasteiger charge is 2.16. The molecule has 3 aromatic rings. The topological polar surface area (TPSA) is 91.0 Å². The van der Waals surface area contributed by atoms with Crippen molar-refractivity contribution in [2.75, 3.05) is 23.7 Å². The average molecular weight is 418 g/mol. The molecule has 0 radical (unpaired) electrons. The summed E-state index contributed by atoms with van der Waals surface area (Å²) in [4.78, 5) is 21.3. The molecule has 4 rings (SSSR count). The normalized spacial score (nSPS) is 12.5. The Labute approximate surface area is 179 Å². The molecule has 1 aliphatic rings. The summed E-state index contributed by atoms with van der Waals surface area (Å²) in [7, 11) is 0. The Balaban J connectivity index is 1.61. The summed E-state index contributed by atoms with van der Waals surface area (Å²) in [6.07, 6.45) is 4.01. The zero-order chi connectivity index (χ0) is 21.6. The van der Waals surface area contributed by atoms with E-state index in [1.54, 1.807) is 18.2 Å². The zero-order valence-electron chi connectivity index (χ0n) is 16.9. The highest BCUT2D eigenvalue weighted by molar-refractivity contribution is 5.99. The Morgan fingerprint density at radius 1 is 1.13 bits per heavy atom. The van der Waals surface area contributed by atoms with Crippen molar-refractivity contribution in [2.24, 2.45) is 0 Å². The number of carbonyl (C=O) groups excluding carboxylic acids is 1. The second-order valence-corrected chi connectivity index (χ2v) is 7.12. The van der Waals surface area contributed by atoms with Gasteiger partial charge in [0.1, 0.15) is 17.2 Å². The van der Waals surface area contributed by atoms with Crippen LogP contribution in [0.5, 0.6) is 0 Å². The van der Waals surface area contributed by atoms with Crippen molar-refractivity contribution < 1.29 is 9.18 Å². The third kappa shape index (κ3) is 5.04. The van der Waals surface area contributed by atoms with Crippen molar-refractivity contribution in [3.63, 3.8) is 0 Å². The summed E-state index contributed by atoms with van der Waals surface area (Å²) in [5.41, 5.74) is 4.31. The molecule has 1 aliphatic heterocycles. The van der Waals surface area contributed by atoms with E-state index in [0.29, 0.717) is 24.0 Å². The number of carbonyl (C=O) groups is 1. The number of nitrogens with zero attached hydrogens (tertiary/aromatic N) is 2. The monoisotopic (exact) mass is 418 g/mol. The van der Waals surface area contributed by atoms with E-state index in [4.69, 9.17) is 0 Å². The van der Waals surface area contributed by atoms with Crippen molar-refractivity contribution in [1.82, 2.24) is 20.6 Å². The van der Waals surface area contributed by atoms with E-state index in [9.17, 15) is 9.18 Å². The predicted octanol–water partition coefficient (Wildman–Crippen LogP) is 3.66. The summed E-state index contributed by atoms with van der Waals surface area (Å²) in [6.45, 7) is 5.74. The van der Waals surface area contributed by atoms with Gasteiger partial charge in [-0.1, -0.05) is 12.1 Å². The van der Waals surface area contributed by atoms with Crippen LogP contribution in [-0.2, 0) is 13.0 Å². The first-order chi connectivity index (χ1) is 15.1. The second-order valence-electron chi connectivity index (χ2n) is 7.12. The molecule has 158 valence electrons. The number of nitrogens with one attached hydrogen (secondary N) is 4. The van der Waals surface area contributed by atoms with Gasteiger partial charge in [-0.25, -0.2) is 9.37 Å². The van der Waals surface area contributed by atoms with Crippen LogP contribution < -0.4 is 21.3 Å². The van der Waals surface area contributed by atoms with Gasteiger partial charge in [-0.2, -0.15) is 4.98 Å². The summed E-state index contributed by atoms with van der Waals surface area (Å²) < 4.78 is 13.3. The molecule has 2 aromatic carbocycles. The minimum absolute atomic E-state index is 0.272. The summed E-state index contributed by atoms with van der Waals surface area (Å²) >= 11 is 0. The van der Waals surface area contributed by atoms with Gasteiger partial charge < -0.3 is 21.3 Å². The molecule has 4 N–H and O–H groups in total. The Morgan fingerprint density at radius 2 is 1.94 bits per heavy atom. The predicted molar refractivity (Wildman–Crippen MR) is 119 cm³/mol. The van der Waals surface area contributed by atoms with Crippen LogP contribution in [-0.4, -0.2) is 29.0 Å². The molecular formula is C23H23FN6O. The van der Waals surface area contributed by atoms with Crippen LogP contribution in [0.2, 0.25) is 0 Å². The lowest BCUT2D eigenvalue weighted by molar-refractivity contribution is 0.0958. The lowest BCUT2D eigenvalue weighted by Gasteiger charge is -2.18. The highest BCUT2D eigenvalue weighted by atomic mass is 19.1. The molecule has 0 saturated carbocycles. The SMILES string of the molecule is C=CCNC(=O)c1cnc(Nc2ccc3c(c2)CCNC3)nc1Nc1ccc(F)cc1. The number of anilines is 4. The molecule has 1 amide bonds. The van der Waals surface area contributed by atoms with Crippen LogP contribution in [0.4, 0.5) is 27.5 Å². The van der Waals surface area contributed by atoms with Crippen LogP contribution in [0, 0.1) is 5.82 Å². The molecular weight excluding hydrogens is 395 g/mol. The minimum atomic E-state index is -0.345. The molecule has 2 heterocycles. The highest BCUT2D eigenvalue weighted by Crippen LogP contribution is 2.24.